The van der Waals surface area contributed by atoms with Crippen molar-refractivity contribution in [3.8, 4) is 5.75 Å². The molecule has 1 heterocycles. The fourth-order valence-electron chi connectivity index (χ4n) is 2.53. The lowest BCUT2D eigenvalue weighted by Crippen LogP contribution is -2.31. The van der Waals surface area contributed by atoms with Gasteiger partial charge in [-0.2, -0.15) is 0 Å². The maximum atomic E-state index is 12.3. The molecule has 0 aliphatic rings. The maximum Gasteiger partial charge on any atom is 0.338 e. The third-order valence-electron chi connectivity index (χ3n) is 3.73. The number of rotatable bonds is 7. The normalized spacial score (nSPS) is 11.8. The Labute approximate surface area is 140 Å². The molecule has 1 N–H and O–H groups in total. The Morgan fingerprint density at radius 2 is 1.96 bits per heavy atom. The van der Waals surface area contributed by atoms with Crippen LogP contribution >= 0.6 is 0 Å². The number of aromatic carboxylic acids is 1. The molecule has 0 spiro atoms. The number of nitrogens with zero attached hydrogens (tertiary/aromatic N) is 1. The number of amides is 1. The van der Waals surface area contributed by atoms with Crippen LogP contribution in [0.1, 0.15) is 33.4 Å². The quantitative estimate of drug-likeness (QED) is 0.844. The Balaban J connectivity index is 1.92. The molecule has 128 valence electrons. The molecule has 1 amide bonds. The van der Waals surface area contributed by atoms with Gasteiger partial charge in [0.05, 0.1) is 12.7 Å². The topological polar surface area (TPSA) is 80.0 Å². The number of carbonyl (C=O) groups is 2. The van der Waals surface area contributed by atoms with Gasteiger partial charge in [0, 0.05) is 19.7 Å². The lowest BCUT2D eigenvalue weighted by molar-refractivity contribution is 0.0694. The molecule has 0 saturated heterocycles. The van der Waals surface area contributed by atoms with E-state index in [9.17, 15) is 9.59 Å². The zero-order chi connectivity index (χ0) is 17.7. The Bertz CT molecular complexity index is 704. The zero-order valence-corrected chi connectivity index (χ0v) is 14.0. The van der Waals surface area contributed by atoms with Gasteiger partial charge in [-0.1, -0.05) is 19.1 Å². The minimum atomic E-state index is -1.12. The Morgan fingerprint density at radius 1 is 1.29 bits per heavy atom. The fraction of sp³-hybridized carbons (Fsp3) is 0.333. The van der Waals surface area contributed by atoms with Crippen LogP contribution in [-0.2, 0) is 6.42 Å². The number of methoxy groups -OCH3 is 1. The van der Waals surface area contributed by atoms with Crippen LogP contribution < -0.4 is 4.74 Å². The summed E-state index contributed by atoms with van der Waals surface area (Å²) in [5.74, 6) is -0.365. The monoisotopic (exact) mass is 331 g/mol. The van der Waals surface area contributed by atoms with E-state index in [2.05, 4.69) is 6.92 Å². The highest BCUT2D eigenvalue weighted by Crippen LogP contribution is 2.16. The van der Waals surface area contributed by atoms with Crippen molar-refractivity contribution in [1.29, 1.82) is 0 Å². The fourth-order valence-corrected chi connectivity index (χ4v) is 2.53. The first-order chi connectivity index (χ1) is 11.4. The molecule has 6 heteroatoms. The lowest BCUT2D eigenvalue weighted by Gasteiger charge is -2.20. The van der Waals surface area contributed by atoms with Gasteiger partial charge in [0.25, 0.3) is 5.91 Å². The van der Waals surface area contributed by atoms with E-state index in [1.807, 2.05) is 24.3 Å². The van der Waals surface area contributed by atoms with Crippen molar-refractivity contribution in [3.63, 3.8) is 0 Å². The van der Waals surface area contributed by atoms with Gasteiger partial charge in [-0.05, 0) is 30.0 Å². The third-order valence-corrected chi connectivity index (χ3v) is 3.73. The summed E-state index contributed by atoms with van der Waals surface area (Å²) in [5.41, 5.74) is 1.13. The number of furan rings is 1. The number of carbonyl (C=O) groups excluding carboxylic acids is 1. The third kappa shape index (κ3) is 4.38. The summed E-state index contributed by atoms with van der Waals surface area (Å²) in [7, 11) is 3.30. The molecule has 0 bridgehead atoms. The number of benzene rings is 1. The number of ether oxygens (including phenoxy) is 1. The van der Waals surface area contributed by atoms with Crippen molar-refractivity contribution in [1.82, 2.24) is 4.90 Å². The van der Waals surface area contributed by atoms with Crippen molar-refractivity contribution in [2.75, 3.05) is 20.7 Å². The summed E-state index contributed by atoms with van der Waals surface area (Å²) in [6.45, 7) is 2.59. The van der Waals surface area contributed by atoms with E-state index in [0.717, 1.165) is 24.0 Å². The first kappa shape index (κ1) is 17.6. The second-order valence-electron chi connectivity index (χ2n) is 5.85. The molecule has 0 saturated carbocycles. The van der Waals surface area contributed by atoms with Gasteiger partial charge in [0.2, 0.25) is 0 Å². The zero-order valence-electron chi connectivity index (χ0n) is 14.0. The first-order valence-electron chi connectivity index (χ1n) is 7.61. The molecule has 1 aromatic heterocycles. The van der Waals surface area contributed by atoms with Crippen LogP contribution in [0.15, 0.2) is 41.0 Å². The lowest BCUT2D eigenvalue weighted by atomic mass is 10.0. The number of carboxylic acids is 1. The molecule has 0 fully saturated rings. The molecule has 0 aliphatic carbocycles. The average Bonchev–Trinajstić information content (AvgIpc) is 3.05. The van der Waals surface area contributed by atoms with E-state index in [1.165, 1.54) is 6.07 Å². The minimum absolute atomic E-state index is 0.0296. The van der Waals surface area contributed by atoms with Crippen LogP contribution in [0.25, 0.3) is 0 Å². The highest BCUT2D eigenvalue weighted by atomic mass is 16.5. The van der Waals surface area contributed by atoms with Crippen LogP contribution in [0, 0.1) is 5.92 Å². The van der Waals surface area contributed by atoms with E-state index < -0.39 is 5.97 Å². The summed E-state index contributed by atoms with van der Waals surface area (Å²) >= 11 is 0. The van der Waals surface area contributed by atoms with E-state index in [1.54, 1.807) is 19.1 Å². The van der Waals surface area contributed by atoms with Crippen molar-refractivity contribution in [3.05, 3.63) is 53.5 Å². The largest absolute Gasteiger partial charge is 0.497 e. The summed E-state index contributed by atoms with van der Waals surface area (Å²) in [6.07, 6.45) is 1.89. The summed E-state index contributed by atoms with van der Waals surface area (Å²) < 4.78 is 10.2. The number of hydrogen-bond acceptors (Lipinski definition) is 4. The van der Waals surface area contributed by atoms with Crippen LogP contribution in [0.4, 0.5) is 0 Å². The molecule has 1 aromatic carbocycles. The summed E-state index contributed by atoms with van der Waals surface area (Å²) in [4.78, 5) is 24.7. The van der Waals surface area contributed by atoms with Gasteiger partial charge in [0.1, 0.15) is 12.0 Å². The van der Waals surface area contributed by atoms with Crippen molar-refractivity contribution >= 4 is 11.9 Å². The number of carboxylic acid groups (broad SMARTS) is 1. The van der Waals surface area contributed by atoms with Gasteiger partial charge in [0.15, 0.2) is 5.76 Å². The molecule has 0 aliphatic heterocycles. The minimum Gasteiger partial charge on any atom is -0.497 e. The highest BCUT2D eigenvalue weighted by Gasteiger charge is 2.19. The molecule has 6 nitrogen and oxygen atoms in total. The van der Waals surface area contributed by atoms with Crippen LogP contribution in [-0.4, -0.2) is 42.6 Å². The van der Waals surface area contributed by atoms with Gasteiger partial charge < -0.3 is 19.2 Å². The molecule has 2 rings (SSSR count). The summed E-state index contributed by atoms with van der Waals surface area (Å²) in [6, 6.07) is 9.07. The SMILES string of the molecule is COc1ccc(CC(C)CN(C)C(=O)c2cc(C(=O)O)co2)cc1. The van der Waals surface area contributed by atoms with Crippen molar-refractivity contribution < 1.29 is 23.8 Å². The van der Waals surface area contributed by atoms with Crippen LogP contribution in [0.3, 0.4) is 0 Å². The van der Waals surface area contributed by atoms with Gasteiger partial charge in [-0.3, -0.25) is 4.79 Å². The predicted molar refractivity (Wildman–Crippen MR) is 88.5 cm³/mol. The average molecular weight is 331 g/mol. The van der Waals surface area contributed by atoms with Crippen LogP contribution in [0.2, 0.25) is 0 Å². The van der Waals surface area contributed by atoms with E-state index in [4.69, 9.17) is 14.3 Å². The second-order valence-corrected chi connectivity index (χ2v) is 5.85. The Hall–Kier alpha value is -2.76. The highest BCUT2D eigenvalue weighted by molar-refractivity contribution is 5.95. The van der Waals surface area contributed by atoms with Crippen molar-refractivity contribution in [2.24, 2.45) is 5.92 Å². The summed E-state index contributed by atoms with van der Waals surface area (Å²) in [5, 5.41) is 8.87. The molecule has 0 radical (unpaired) electrons. The smallest absolute Gasteiger partial charge is 0.338 e. The van der Waals surface area contributed by atoms with Gasteiger partial charge in [-0.25, -0.2) is 4.79 Å². The van der Waals surface area contributed by atoms with Gasteiger partial charge >= 0.3 is 5.97 Å². The Morgan fingerprint density at radius 3 is 2.50 bits per heavy atom. The van der Waals surface area contributed by atoms with E-state index >= 15 is 0 Å². The van der Waals surface area contributed by atoms with E-state index in [0.29, 0.717) is 6.54 Å². The van der Waals surface area contributed by atoms with E-state index in [-0.39, 0.29) is 23.1 Å². The molecule has 1 unspecified atom stereocenters. The van der Waals surface area contributed by atoms with Crippen LogP contribution in [0.5, 0.6) is 5.75 Å². The maximum absolute atomic E-state index is 12.3. The Kier molecular flexibility index (Phi) is 5.63. The van der Waals surface area contributed by atoms with Gasteiger partial charge in [-0.15, -0.1) is 0 Å². The molecule has 1 atom stereocenters. The molecule has 24 heavy (non-hydrogen) atoms. The first-order valence-corrected chi connectivity index (χ1v) is 7.61. The van der Waals surface area contributed by atoms with Crippen molar-refractivity contribution in [2.45, 2.75) is 13.3 Å². The number of hydrogen-bond donors (Lipinski definition) is 1. The second kappa shape index (κ2) is 7.68. The molecular formula is C18H21NO5. The molecular weight excluding hydrogens is 310 g/mol. The predicted octanol–water partition coefficient (Wildman–Crippen LogP) is 2.94. The standard InChI is InChI=1S/C18H21NO5/c1-12(8-13-4-6-15(23-3)7-5-13)10-19(2)17(20)16-9-14(11-24-16)18(21)22/h4-7,9,11-12H,8,10H2,1-3H3,(H,21,22). The molecule has 2 aromatic rings.